The Bertz CT molecular complexity index is 226. The zero-order chi connectivity index (χ0) is 10.7. The van der Waals surface area contributed by atoms with Gasteiger partial charge in [-0.05, 0) is 45.1 Å². The molecule has 0 saturated carbocycles. The third-order valence-corrected chi connectivity index (χ3v) is 3.42. The summed E-state index contributed by atoms with van der Waals surface area (Å²) in [7, 11) is 0. The fourth-order valence-corrected chi connectivity index (χ4v) is 2.50. The van der Waals surface area contributed by atoms with E-state index in [2.05, 4.69) is 5.32 Å². The first-order valence-corrected chi connectivity index (χ1v) is 6.08. The molecule has 0 aromatic carbocycles. The summed E-state index contributed by atoms with van der Waals surface area (Å²) in [5.74, 6) is 0.145. The van der Waals surface area contributed by atoms with Gasteiger partial charge in [0.15, 0.2) is 0 Å². The Morgan fingerprint density at radius 2 is 2.00 bits per heavy atom. The second-order valence-electron chi connectivity index (χ2n) is 4.60. The summed E-state index contributed by atoms with van der Waals surface area (Å²) in [5, 5.41) is 3.42. The molecule has 2 unspecified atom stereocenters. The largest absolute Gasteiger partial charge is 0.326 e. The Labute approximate surface area is 91.2 Å². The highest BCUT2D eigenvalue weighted by molar-refractivity contribution is 5.82. The maximum atomic E-state index is 12.0. The van der Waals surface area contributed by atoms with Gasteiger partial charge in [0.05, 0.1) is 12.2 Å². The van der Waals surface area contributed by atoms with Gasteiger partial charge in [-0.3, -0.25) is 10.1 Å². The van der Waals surface area contributed by atoms with E-state index in [-0.39, 0.29) is 18.1 Å². The lowest BCUT2D eigenvalue weighted by Gasteiger charge is -2.35. The lowest BCUT2D eigenvalue weighted by molar-refractivity contribution is -0.135. The molecule has 1 amide bonds. The molecule has 86 valence electrons. The predicted octanol–water partition coefficient (Wildman–Crippen LogP) is 0.426. The summed E-state index contributed by atoms with van der Waals surface area (Å²) in [6, 6.07) is -0.267. The van der Waals surface area contributed by atoms with E-state index in [1.165, 1.54) is 12.8 Å². The molecule has 0 bridgehead atoms. The molecule has 0 aromatic heterocycles. The molecule has 2 rings (SSSR count). The second-order valence-corrected chi connectivity index (χ2v) is 4.60. The van der Waals surface area contributed by atoms with E-state index in [0.717, 1.165) is 38.8 Å². The molecule has 4 nitrogen and oxygen atoms in total. The highest BCUT2D eigenvalue weighted by Crippen LogP contribution is 2.17. The zero-order valence-electron chi connectivity index (χ0n) is 9.24. The molecular weight excluding hydrogens is 190 g/mol. The van der Waals surface area contributed by atoms with E-state index < -0.39 is 0 Å². The van der Waals surface area contributed by atoms with Gasteiger partial charge >= 0.3 is 0 Å². The van der Waals surface area contributed by atoms with Crippen molar-refractivity contribution in [3.8, 4) is 0 Å². The first-order valence-electron chi connectivity index (χ1n) is 6.08. The number of carbonyl (C=O) groups excluding carboxylic acids is 1. The number of amides is 1. The highest BCUT2D eigenvalue weighted by Gasteiger charge is 2.29. The number of piperidine rings is 1. The van der Waals surface area contributed by atoms with Crippen molar-refractivity contribution >= 4 is 5.91 Å². The number of hydrogen-bond donors (Lipinski definition) is 2. The van der Waals surface area contributed by atoms with Crippen molar-refractivity contribution in [3.63, 3.8) is 0 Å². The van der Waals surface area contributed by atoms with E-state index in [1.807, 2.05) is 4.90 Å². The van der Waals surface area contributed by atoms with Gasteiger partial charge in [0.1, 0.15) is 0 Å². The third kappa shape index (κ3) is 2.49. The lowest BCUT2D eigenvalue weighted by atomic mass is 10.1. The summed E-state index contributed by atoms with van der Waals surface area (Å²) in [6.45, 7) is 1.91. The molecule has 2 aliphatic rings. The van der Waals surface area contributed by atoms with Crippen LogP contribution >= 0.6 is 0 Å². The molecule has 2 heterocycles. The minimum Gasteiger partial charge on any atom is -0.326 e. The molecular formula is C11H21N3O. The smallest absolute Gasteiger partial charge is 0.240 e. The zero-order valence-corrected chi connectivity index (χ0v) is 9.24. The highest BCUT2D eigenvalue weighted by atomic mass is 16.2. The van der Waals surface area contributed by atoms with Gasteiger partial charge < -0.3 is 10.6 Å². The topological polar surface area (TPSA) is 58.4 Å². The van der Waals surface area contributed by atoms with Crippen molar-refractivity contribution in [1.29, 1.82) is 0 Å². The first-order chi connectivity index (χ1) is 7.29. The summed E-state index contributed by atoms with van der Waals surface area (Å²) in [6.07, 6.45) is 6.80. The van der Waals surface area contributed by atoms with E-state index in [4.69, 9.17) is 5.73 Å². The van der Waals surface area contributed by atoms with Crippen LogP contribution in [0.1, 0.15) is 38.5 Å². The van der Waals surface area contributed by atoms with Crippen LogP contribution in [0.4, 0.5) is 0 Å². The molecule has 15 heavy (non-hydrogen) atoms. The van der Waals surface area contributed by atoms with Crippen LogP contribution in [-0.2, 0) is 4.79 Å². The molecule has 2 aliphatic heterocycles. The summed E-state index contributed by atoms with van der Waals surface area (Å²) >= 11 is 0. The van der Waals surface area contributed by atoms with Crippen LogP contribution in [0.2, 0.25) is 0 Å². The van der Waals surface area contributed by atoms with Gasteiger partial charge in [-0.25, -0.2) is 0 Å². The molecule has 2 atom stereocenters. The van der Waals surface area contributed by atoms with Gasteiger partial charge in [-0.15, -0.1) is 0 Å². The van der Waals surface area contributed by atoms with Gasteiger partial charge in [0.25, 0.3) is 0 Å². The number of nitrogens with zero attached hydrogens (tertiary/aromatic N) is 1. The average molecular weight is 211 g/mol. The van der Waals surface area contributed by atoms with Crippen LogP contribution in [0.25, 0.3) is 0 Å². The molecule has 2 fully saturated rings. The molecule has 0 spiro atoms. The number of nitrogens with two attached hydrogens (primary N) is 1. The maximum absolute atomic E-state index is 12.0. The number of rotatable bonds is 1. The van der Waals surface area contributed by atoms with Gasteiger partial charge in [0.2, 0.25) is 5.91 Å². The Kier molecular flexibility index (Phi) is 3.59. The minimum atomic E-state index is -0.267. The average Bonchev–Trinajstić information content (AvgIpc) is 2.44. The van der Waals surface area contributed by atoms with E-state index >= 15 is 0 Å². The molecule has 2 saturated heterocycles. The standard InChI is InChI=1S/C11H21N3O/c12-9-5-2-4-8-14(11(9)15)10-6-1-3-7-13-10/h9-10,13H,1-8,12H2. The number of likely N-dealkylation sites (tertiary alicyclic amines) is 1. The minimum absolute atomic E-state index is 0.145. The lowest BCUT2D eigenvalue weighted by Crippen LogP contribution is -2.54. The van der Waals surface area contributed by atoms with Gasteiger partial charge in [0, 0.05) is 6.54 Å². The fourth-order valence-electron chi connectivity index (χ4n) is 2.50. The maximum Gasteiger partial charge on any atom is 0.240 e. The Morgan fingerprint density at radius 1 is 1.20 bits per heavy atom. The quantitative estimate of drug-likeness (QED) is 0.661. The number of hydrogen-bond acceptors (Lipinski definition) is 3. The van der Waals surface area contributed by atoms with E-state index in [1.54, 1.807) is 0 Å². The number of carbonyl (C=O) groups is 1. The molecule has 4 heteroatoms. The van der Waals surface area contributed by atoms with E-state index in [9.17, 15) is 4.79 Å². The summed E-state index contributed by atoms with van der Waals surface area (Å²) in [5.41, 5.74) is 5.86. The Balaban J connectivity index is 2.00. The van der Waals surface area contributed by atoms with Crippen LogP contribution in [-0.4, -0.2) is 36.1 Å². The van der Waals surface area contributed by atoms with Crippen LogP contribution < -0.4 is 11.1 Å². The van der Waals surface area contributed by atoms with Crippen LogP contribution in [0.15, 0.2) is 0 Å². The van der Waals surface area contributed by atoms with Crippen molar-refractivity contribution in [1.82, 2.24) is 10.2 Å². The molecule has 3 N–H and O–H groups in total. The van der Waals surface area contributed by atoms with Crippen molar-refractivity contribution in [2.45, 2.75) is 50.7 Å². The van der Waals surface area contributed by atoms with Gasteiger partial charge in [-0.2, -0.15) is 0 Å². The third-order valence-electron chi connectivity index (χ3n) is 3.42. The van der Waals surface area contributed by atoms with Crippen LogP contribution in [0.5, 0.6) is 0 Å². The molecule has 0 aromatic rings. The summed E-state index contributed by atoms with van der Waals surface area (Å²) in [4.78, 5) is 14.0. The van der Waals surface area contributed by atoms with Crippen molar-refractivity contribution in [2.75, 3.05) is 13.1 Å². The Morgan fingerprint density at radius 3 is 2.73 bits per heavy atom. The first kappa shape index (κ1) is 10.9. The monoisotopic (exact) mass is 211 g/mol. The second kappa shape index (κ2) is 4.94. The van der Waals surface area contributed by atoms with Crippen LogP contribution in [0, 0.1) is 0 Å². The van der Waals surface area contributed by atoms with Crippen molar-refractivity contribution in [3.05, 3.63) is 0 Å². The Hall–Kier alpha value is -0.610. The normalized spacial score (nSPS) is 33.9. The SMILES string of the molecule is NC1CCCCN(C2CCCCN2)C1=O. The summed E-state index contributed by atoms with van der Waals surface area (Å²) < 4.78 is 0. The van der Waals surface area contributed by atoms with Crippen LogP contribution in [0.3, 0.4) is 0 Å². The molecule has 0 aliphatic carbocycles. The molecule has 0 radical (unpaired) electrons. The van der Waals surface area contributed by atoms with E-state index in [0.29, 0.717) is 0 Å². The van der Waals surface area contributed by atoms with Gasteiger partial charge in [-0.1, -0.05) is 0 Å². The van der Waals surface area contributed by atoms with Crippen molar-refractivity contribution < 1.29 is 4.79 Å². The van der Waals surface area contributed by atoms with Crippen molar-refractivity contribution in [2.24, 2.45) is 5.73 Å². The predicted molar refractivity (Wildman–Crippen MR) is 59.2 cm³/mol. The number of nitrogens with one attached hydrogen (secondary N) is 1. The fraction of sp³-hybridized carbons (Fsp3) is 0.909.